The summed E-state index contributed by atoms with van der Waals surface area (Å²) in [6.07, 6.45) is 1.80. The highest BCUT2D eigenvalue weighted by Crippen LogP contribution is 2.15. The zero-order valence-electron chi connectivity index (χ0n) is 11.0. The highest BCUT2D eigenvalue weighted by Gasteiger charge is 2.14. The molecule has 2 aromatic rings. The number of hydrogen-bond donors (Lipinski definition) is 0. The van der Waals surface area contributed by atoms with Gasteiger partial charge in [0.2, 0.25) is 0 Å². The Balaban J connectivity index is 2.25. The molecule has 0 N–H and O–H groups in total. The largest absolute Gasteiger partial charge is 0.294 e. The van der Waals surface area contributed by atoms with Gasteiger partial charge in [0.25, 0.3) is 0 Å². The zero-order valence-corrected chi connectivity index (χ0v) is 11.0. The van der Waals surface area contributed by atoms with Gasteiger partial charge in [-0.25, -0.2) is 9.67 Å². The van der Waals surface area contributed by atoms with E-state index >= 15 is 0 Å². The van der Waals surface area contributed by atoms with Crippen LogP contribution in [0.5, 0.6) is 0 Å². The summed E-state index contributed by atoms with van der Waals surface area (Å²) in [7, 11) is 0. The number of carbonyl (C=O) groups is 1. The van der Waals surface area contributed by atoms with Crippen molar-refractivity contribution in [2.45, 2.75) is 33.7 Å². The lowest BCUT2D eigenvalue weighted by Gasteiger charge is -2.07. The standard InChI is InChI=1S/C14H17N3O/c1-4-17-14(15-9-16-17)8-13(18)12-7-5-6-10(2)11(12)3/h5-7,9H,4,8H2,1-3H3. The maximum atomic E-state index is 12.3. The van der Waals surface area contributed by atoms with Crippen molar-refractivity contribution in [1.29, 1.82) is 0 Å². The first-order chi connectivity index (χ1) is 8.63. The summed E-state index contributed by atoms with van der Waals surface area (Å²) in [4.78, 5) is 16.4. The molecule has 2 rings (SSSR count). The van der Waals surface area contributed by atoms with Gasteiger partial charge in [-0.2, -0.15) is 5.10 Å². The lowest BCUT2D eigenvalue weighted by molar-refractivity contribution is 0.0988. The third-order valence-corrected chi connectivity index (χ3v) is 3.22. The van der Waals surface area contributed by atoms with Crippen molar-refractivity contribution < 1.29 is 4.79 Å². The van der Waals surface area contributed by atoms with E-state index in [1.165, 1.54) is 6.33 Å². The number of aromatic nitrogens is 3. The van der Waals surface area contributed by atoms with Crippen LogP contribution in [0, 0.1) is 13.8 Å². The molecule has 0 fully saturated rings. The molecule has 1 aromatic heterocycles. The van der Waals surface area contributed by atoms with Gasteiger partial charge in [0.05, 0.1) is 6.42 Å². The summed E-state index contributed by atoms with van der Waals surface area (Å²) >= 11 is 0. The van der Waals surface area contributed by atoms with E-state index in [0.717, 1.165) is 29.1 Å². The molecule has 0 saturated carbocycles. The van der Waals surface area contributed by atoms with Crippen LogP contribution in [0.2, 0.25) is 0 Å². The topological polar surface area (TPSA) is 47.8 Å². The third-order valence-electron chi connectivity index (χ3n) is 3.22. The van der Waals surface area contributed by atoms with Gasteiger partial charge in [0.15, 0.2) is 5.78 Å². The molecule has 0 atom stereocenters. The molecule has 0 amide bonds. The number of ketones is 1. The van der Waals surface area contributed by atoms with Gasteiger partial charge in [0.1, 0.15) is 12.2 Å². The van der Waals surface area contributed by atoms with E-state index in [4.69, 9.17) is 0 Å². The maximum absolute atomic E-state index is 12.3. The van der Waals surface area contributed by atoms with Crippen LogP contribution in [0.3, 0.4) is 0 Å². The van der Waals surface area contributed by atoms with Crippen LogP contribution in [0.4, 0.5) is 0 Å². The monoisotopic (exact) mass is 243 g/mol. The van der Waals surface area contributed by atoms with Crippen LogP contribution < -0.4 is 0 Å². The number of nitrogens with zero attached hydrogens (tertiary/aromatic N) is 3. The number of hydrogen-bond acceptors (Lipinski definition) is 3. The molecule has 0 bridgehead atoms. The minimum Gasteiger partial charge on any atom is -0.294 e. The molecule has 18 heavy (non-hydrogen) atoms. The SMILES string of the molecule is CCn1ncnc1CC(=O)c1cccc(C)c1C. The number of rotatable bonds is 4. The van der Waals surface area contributed by atoms with Crippen molar-refractivity contribution in [1.82, 2.24) is 14.8 Å². The van der Waals surface area contributed by atoms with Gasteiger partial charge >= 0.3 is 0 Å². The fraction of sp³-hybridized carbons (Fsp3) is 0.357. The first-order valence-electron chi connectivity index (χ1n) is 6.09. The Morgan fingerprint density at radius 3 is 2.83 bits per heavy atom. The van der Waals surface area contributed by atoms with Crippen molar-refractivity contribution in [3.8, 4) is 0 Å². The normalized spacial score (nSPS) is 10.6. The molecule has 0 radical (unpaired) electrons. The van der Waals surface area contributed by atoms with E-state index in [0.29, 0.717) is 6.42 Å². The fourth-order valence-corrected chi connectivity index (χ4v) is 1.98. The van der Waals surface area contributed by atoms with Crippen LogP contribution in [0.25, 0.3) is 0 Å². The molecule has 0 aliphatic carbocycles. The lowest BCUT2D eigenvalue weighted by atomic mass is 9.98. The second kappa shape index (κ2) is 5.12. The first-order valence-corrected chi connectivity index (χ1v) is 6.09. The molecule has 0 saturated heterocycles. The second-order valence-corrected chi connectivity index (χ2v) is 4.34. The summed E-state index contributed by atoms with van der Waals surface area (Å²) in [6.45, 7) is 6.71. The second-order valence-electron chi connectivity index (χ2n) is 4.34. The fourth-order valence-electron chi connectivity index (χ4n) is 1.98. The van der Waals surface area contributed by atoms with E-state index in [1.54, 1.807) is 4.68 Å². The van der Waals surface area contributed by atoms with Crippen LogP contribution in [-0.4, -0.2) is 20.5 Å². The Hall–Kier alpha value is -1.97. The smallest absolute Gasteiger partial charge is 0.170 e. The number of aryl methyl sites for hydroxylation is 2. The van der Waals surface area contributed by atoms with Gasteiger partial charge in [0, 0.05) is 12.1 Å². The Labute approximate surface area is 107 Å². The highest BCUT2D eigenvalue weighted by molar-refractivity contribution is 5.98. The predicted octanol–water partition coefficient (Wildman–Crippen LogP) is 2.34. The van der Waals surface area contributed by atoms with Gasteiger partial charge in [-0.3, -0.25) is 4.79 Å². The first kappa shape index (κ1) is 12.5. The van der Waals surface area contributed by atoms with Gasteiger partial charge in [-0.1, -0.05) is 18.2 Å². The van der Waals surface area contributed by atoms with E-state index in [9.17, 15) is 4.79 Å². The maximum Gasteiger partial charge on any atom is 0.170 e. The Kier molecular flexibility index (Phi) is 3.55. The average molecular weight is 243 g/mol. The molecule has 1 heterocycles. The molecule has 0 aliphatic heterocycles. The average Bonchev–Trinajstić information content (AvgIpc) is 2.79. The summed E-state index contributed by atoms with van der Waals surface area (Å²) < 4.78 is 1.75. The predicted molar refractivity (Wildman–Crippen MR) is 69.6 cm³/mol. The zero-order chi connectivity index (χ0) is 13.1. The molecule has 0 spiro atoms. The van der Waals surface area contributed by atoms with E-state index in [-0.39, 0.29) is 5.78 Å². The molecule has 94 valence electrons. The number of carbonyl (C=O) groups excluding carboxylic acids is 1. The quantitative estimate of drug-likeness (QED) is 0.774. The minimum atomic E-state index is 0.0962. The Morgan fingerprint density at radius 2 is 2.11 bits per heavy atom. The van der Waals surface area contributed by atoms with Crippen molar-refractivity contribution in [2.24, 2.45) is 0 Å². The summed E-state index contributed by atoms with van der Waals surface area (Å²) in [5.41, 5.74) is 2.96. The summed E-state index contributed by atoms with van der Waals surface area (Å²) in [6, 6.07) is 5.80. The van der Waals surface area contributed by atoms with E-state index < -0.39 is 0 Å². The molecule has 0 aliphatic rings. The highest BCUT2D eigenvalue weighted by atomic mass is 16.1. The Morgan fingerprint density at radius 1 is 1.33 bits per heavy atom. The summed E-state index contributed by atoms with van der Waals surface area (Å²) in [5, 5.41) is 4.07. The molecule has 0 unspecified atom stereocenters. The van der Waals surface area contributed by atoms with E-state index in [2.05, 4.69) is 10.1 Å². The lowest BCUT2D eigenvalue weighted by Crippen LogP contribution is -2.12. The molecule has 4 heteroatoms. The minimum absolute atomic E-state index is 0.0962. The molecular formula is C14H17N3O. The van der Waals surface area contributed by atoms with Gasteiger partial charge < -0.3 is 0 Å². The van der Waals surface area contributed by atoms with Crippen LogP contribution >= 0.6 is 0 Å². The van der Waals surface area contributed by atoms with Crippen LogP contribution in [0.15, 0.2) is 24.5 Å². The van der Waals surface area contributed by atoms with Gasteiger partial charge in [-0.15, -0.1) is 0 Å². The number of benzene rings is 1. The van der Waals surface area contributed by atoms with Crippen molar-refractivity contribution >= 4 is 5.78 Å². The molecular weight excluding hydrogens is 226 g/mol. The number of Topliss-reactive ketones (excluding diaryl/α,β-unsaturated/α-hetero) is 1. The van der Waals surface area contributed by atoms with Gasteiger partial charge in [-0.05, 0) is 31.9 Å². The van der Waals surface area contributed by atoms with E-state index in [1.807, 2.05) is 39.0 Å². The third kappa shape index (κ3) is 2.32. The summed E-state index contributed by atoms with van der Waals surface area (Å²) in [5.74, 6) is 0.822. The van der Waals surface area contributed by atoms with Crippen molar-refractivity contribution in [2.75, 3.05) is 0 Å². The van der Waals surface area contributed by atoms with Crippen LogP contribution in [-0.2, 0) is 13.0 Å². The van der Waals surface area contributed by atoms with Crippen LogP contribution in [0.1, 0.15) is 34.2 Å². The molecule has 4 nitrogen and oxygen atoms in total. The Bertz CT molecular complexity index is 572. The van der Waals surface area contributed by atoms with Crippen molar-refractivity contribution in [3.63, 3.8) is 0 Å². The van der Waals surface area contributed by atoms with Crippen molar-refractivity contribution in [3.05, 3.63) is 47.0 Å². The molecule has 1 aromatic carbocycles.